The van der Waals surface area contributed by atoms with Crippen LogP contribution in [0.4, 0.5) is 5.69 Å². The molecular formula is C14H12BrN3. The predicted octanol–water partition coefficient (Wildman–Crippen LogP) is 3.59. The first-order valence-corrected chi connectivity index (χ1v) is 6.43. The zero-order valence-corrected chi connectivity index (χ0v) is 11.5. The molecule has 3 nitrogen and oxygen atoms in total. The standard InChI is InChI=1S/C14H12BrN3/c1-18-13-5-3-2-4-12(13)17-14(18)10-8-9(16)6-7-11(10)15/h2-8H,16H2,1H3. The molecule has 3 rings (SSSR count). The van der Waals surface area contributed by atoms with Gasteiger partial charge in [0.05, 0.1) is 11.0 Å². The van der Waals surface area contributed by atoms with Gasteiger partial charge in [0.25, 0.3) is 0 Å². The average molecular weight is 302 g/mol. The van der Waals surface area contributed by atoms with Gasteiger partial charge in [-0.1, -0.05) is 28.1 Å². The van der Waals surface area contributed by atoms with Crippen LogP contribution in [0.1, 0.15) is 0 Å². The lowest BCUT2D eigenvalue weighted by Gasteiger charge is -2.06. The summed E-state index contributed by atoms with van der Waals surface area (Å²) in [5.41, 5.74) is 9.70. The molecule has 0 radical (unpaired) electrons. The SMILES string of the molecule is Cn1c(-c2cc(N)ccc2Br)nc2ccccc21. The second-order valence-corrected chi connectivity index (χ2v) is 5.08. The monoisotopic (exact) mass is 301 g/mol. The number of halogens is 1. The van der Waals surface area contributed by atoms with Crippen molar-refractivity contribution in [2.45, 2.75) is 0 Å². The van der Waals surface area contributed by atoms with Crippen LogP contribution < -0.4 is 5.73 Å². The van der Waals surface area contributed by atoms with Crippen molar-refractivity contribution < 1.29 is 0 Å². The van der Waals surface area contributed by atoms with Gasteiger partial charge in [-0.2, -0.15) is 0 Å². The van der Waals surface area contributed by atoms with Crippen LogP contribution in [0.2, 0.25) is 0 Å². The first kappa shape index (κ1) is 11.3. The van der Waals surface area contributed by atoms with Crippen LogP contribution in [0.3, 0.4) is 0 Å². The third-order valence-corrected chi connectivity index (χ3v) is 3.71. The van der Waals surface area contributed by atoms with Crippen LogP contribution in [-0.4, -0.2) is 9.55 Å². The van der Waals surface area contributed by atoms with Crippen LogP contribution in [0, 0.1) is 0 Å². The predicted molar refractivity (Wildman–Crippen MR) is 78.3 cm³/mol. The van der Waals surface area contributed by atoms with Crippen molar-refractivity contribution in [3.63, 3.8) is 0 Å². The van der Waals surface area contributed by atoms with Gasteiger partial charge in [-0.25, -0.2) is 4.98 Å². The van der Waals surface area contributed by atoms with E-state index in [-0.39, 0.29) is 0 Å². The summed E-state index contributed by atoms with van der Waals surface area (Å²) < 4.78 is 3.07. The van der Waals surface area contributed by atoms with E-state index in [4.69, 9.17) is 5.73 Å². The van der Waals surface area contributed by atoms with E-state index < -0.39 is 0 Å². The van der Waals surface area contributed by atoms with E-state index in [1.807, 2.05) is 43.4 Å². The normalized spacial score (nSPS) is 11.0. The van der Waals surface area contributed by atoms with E-state index in [1.165, 1.54) is 0 Å². The smallest absolute Gasteiger partial charge is 0.142 e. The summed E-state index contributed by atoms with van der Waals surface area (Å²) in [4.78, 5) is 4.66. The first-order chi connectivity index (χ1) is 8.66. The largest absolute Gasteiger partial charge is 0.399 e. The summed E-state index contributed by atoms with van der Waals surface area (Å²) in [7, 11) is 2.01. The molecule has 0 saturated carbocycles. The summed E-state index contributed by atoms with van der Waals surface area (Å²) >= 11 is 3.55. The number of rotatable bonds is 1. The first-order valence-electron chi connectivity index (χ1n) is 5.63. The molecule has 0 bridgehead atoms. The van der Waals surface area contributed by atoms with Gasteiger partial charge < -0.3 is 10.3 Å². The minimum Gasteiger partial charge on any atom is -0.399 e. The highest BCUT2D eigenvalue weighted by Gasteiger charge is 2.12. The zero-order valence-electron chi connectivity index (χ0n) is 9.89. The van der Waals surface area contributed by atoms with Crippen molar-refractivity contribution >= 4 is 32.7 Å². The van der Waals surface area contributed by atoms with Crippen molar-refractivity contribution in [1.29, 1.82) is 0 Å². The van der Waals surface area contributed by atoms with Gasteiger partial charge in [-0.3, -0.25) is 0 Å². The Labute approximate surface area is 113 Å². The molecule has 0 aliphatic rings. The molecular weight excluding hydrogens is 290 g/mol. The molecule has 2 N–H and O–H groups in total. The molecule has 0 aliphatic carbocycles. The van der Waals surface area contributed by atoms with Gasteiger partial charge in [-0.15, -0.1) is 0 Å². The molecule has 4 heteroatoms. The molecule has 1 heterocycles. The summed E-state index contributed by atoms with van der Waals surface area (Å²) in [6.07, 6.45) is 0. The van der Waals surface area contributed by atoms with E-state index in [2.05, 4.69) is 31.5 Å². The van der Waals surface area contributed by atoms with Gasteiger partial charge in [-0.05, 0) is 30.3 Å². The number of imidazole rings is 1. The molecule has 0 unspecified atom stereocenters. The molecule has 90 valence electrons. The number of nitrogens with two attached hydrogens (primary N) is 1. The fourth-order valence-corrected chi connectivity index (χ4v) is 2.52. The number of fused-ring (bicyclic) bond motifs is 1. The number of anilines is 1. The maximum Gasteiger partial charge on any atom is 0.142 e. The van der Waals surface area contributed by atoms with Gasteiger partial charge in [0, 0.05) is 22.8 Å². The molecule has 2 aromatic carbocycles. The summed E-state index contributed by atoms with van der Waals surface area (Å²) in [5.74, 6) is 0.912. The van der Waals surface area contributed by atoms with Gasteiger partial charge >= 0.3 is 0 Å². The Hall–Kier alpha value is -1.81. The molecule has 1 aromatic heterocycles. The highest BCUT2D eigenvalue weighted by atomic mass is 79.9. The number of aromatic nitrogens is 2. The van der Waals surface area contributed by atoms with Gasteiger partial charge in [0.15, 0.2) is 0 Å². The molecule has 0 aliphatic heterocycles. The van der Waals surface area contributed by atoms with Gasteiger partial charge in [0.2, 0.25) is 0 Å². The number of hydrogen-bond donors (Lipinski definition) is 1. The van der Waals surface area contributed by atoms with Crippen molar-refractivity contribution in [3.05, 3.63) is 46.9 Å². The molecule has 0 spiro atoms. The topological polar surface area (TPSA) is 43.8 Å². The number of nitrogen functional groups attached to an aromatic ring is 1. The number of nitrogens with zero attached hydrogens (tertiary/aromatic N) is 2. The number of benzene rings is 2. The molecule has 0 fully saturated rings. The Balaban J connectivity index is 2.31. The van der Waals surface area contributed by atoms with Crippen molar-refractivity contribution in [2.75, 3.05) is 5.73 Å². The second-order valence-electron chi connectivity index (χ2n) is 4.22. The van der Waals surface area contributed by atoms with E-state index >= 15 is 0 Å². The lowest BCUT2D eigenvalue weighted by atomic mass is 10.2. The van der Waals surface area contributed by atoms with Crippen LogP contribution in [-0.2, 0) is 7.05 Å². The Morgan fingerprint density at radius 3 is 2.72 bits per heavy atom. The van der Waals surface area contributed by atoms with Crippen molar-refractivity contribution in [3.8, 4) is 11.4 Å². The van der Waals surface area contributed by atoms with Crippen LogP contribution in [0.15, 0.2) is 46.9 Å². The van der Waals surface area contributed by atoms with Crippen LogP contribution >= 0.6 is 15.9 Å². The highest BCUT2D eigenvalue weighted by Crippen LogP contribution is 2.31. The lowest BCUT2D eigenvalue weighted by Crippen LogP contribution is -1.94. The Morgan fingerprint density at radius 1 is 1.17 bits per heavy atom. The van der Waals surface area contributed by atoms with Crippen molar-refractivity contribution in [1.82, 2.24) is 9.55 Å². The fraction of sp³-hybridized carbons (Fsp3) is 0.0714. The quantitative estimate of drug-likeness (QED) is 0.698. The Kier molecular flexibility index (Phi) is 2.59. The highest BCUT2D eigenvalue weighted by molar-refractivity contribution is 9.10. The third-order valence-electron chi connectivity index (χ3n) is 3.02. The Morgan fingerprint density at radius 2 is 1.94 bits per heavy atom. The van der Waals surface area contributed by atoms with Gasteiger partial charge in [0.1, 0.15) is 5.82 Å². The van der Waals surface area contributed by atoms with E-state index in [0.717, 1.165) is 32.6 Å². The molecule has 0 atom stereocenters. The third kappa shape index (κ3) is 1.69. The molecule has 18 heavy (non-hydrogen) atoms. The minimum absolute atomic E-state index is 0.736. The summed E-state index contributed by atoms with van der Waals surface area (Å²) in [6, 6.07) is 13.8. The fourth-order valence-electron chi connectivity index (χ4n) is 2.10. The number of para-hydroxylation sites is 2. The van der Waals surface area contributed by atoms with E-state index in [9.17, 15) is 0 Å². The summed E-state index contributed by atoms with van der Waals surface area (Å²) in [6.45, 7) is 0. The lowest BCUT2D eigenvalue weighted by molar-refractivity contribution is 0.958. The molecule has 0 saturated heterocycles. The second kappa shape index (κ2) is 4.14. The van der Waals surface area contributed by atoms with Crippen LogP contribution in [0.5, 0.6) is 0 Å². The Bertz CT molecular complexity index is 731. The zero-order chi connectivity index (χ0) is 12.7. The maximum absolute atomic E-state index is 5.85. The van der Waals surface area contributed by atoms with Crippen LogP contribution in [0.25, 0.3) is 22.4 Å². The van der Waals surface area contributed by atoms with E-state index in [0.29, 0.717) is 0 Å². The van der Waals surface area contributed by atoms with E-state index in [1.54, 1.807) is 0 Å². The van der Waals surface area contributed by atoms with Crippen molar-refractivity contribution in [2.24, 2.45) is 7.05 Å². The maximum atomic E-state index is 5.85. The summed E-state index contributed by atoms with van der Waals surface area (Å²) in [5, 5.41) is 0. The number of aryl methyl sites for hydroxylation is 1. The minimum atomic E-state index is 0.736. The molecule has 0 amide bonds. The molecule has 3 aromatic rings. The number of hydrogen-bond acceptors (Lipinski definition) is 2. The average Bonchev–Trinajstić information content (AvgIpc) is 2.71.